The maximum absolute atomic E-state index is 4.36. The number of anilines is 1. The van der Waals surface area contributed by atoms with Crippen molar-refractivity contribution in [3.8, 4) is 11.3 Å². The van der Waals surface area contributed by atoms with E-state index in [1.165, 1.54) is 10.5 Å². The van der Waals surface area contributed by atoms with Crippen molar-refractivity contribution in [3.05, 3.63) is 30.3 Å². The summed E-state index contributed by atoms with van der Waals surface area (Å²) in [5.74, 6) is 2.00. The molecule has 2 rings (SSSR count). The minimum Gasteiger partial charge on any atom is -0.372 e. The van der Waals surface area contributed by atoms with Crippen LogP contribution in [0.5, 0.6) is 0 Å². The number of benzene rings is 1. The molecule has 1 aromatic carbocycles. The van der Waals surface area contributed by atoms with Crippen LogP contribution in [-0.4, -0.2) is 22.6 Å². The number of hydrogen-bond acceptors (Lipinski definition) is 3. The maximum Gasteiger partial charge on any atom is 0.148 e. The number of nitrogens with one attached hydrogen (secondary N) is 1. The second kappa shape index (κ2) is 5.27. The number of hydrogen-bond donors (Lipinski definition) is 1. The summed E-state index contributed by atoms with van der Waals surface area (Å²) in [4.78, 5) is 1.31. The topological polar surface area (TPSA) is 29.9 Å². The molecule has 3 nitrogen and oxygen atoms in total. The monoisotopic (exact) mass is 247 g/mol. The SMILES string of the molecule is CCSc1ccc(-c2cc(NC)nn2C)cc1. The summed E-state index contributed by atoms with van der Waals surface area (Å²) in [6, 6.07) is 10.7. The fraction of sp³-hybridized carbons (Fsp3) is 0.308. The molecule has 0 aliphatic rings. The molecule has 0 radical (unpaired) electrons. The van der Waals surface area contributed by atoms with Crippen LogP contribution in [0.15, 0.2) is 35.2 Å². The van der Waals surface area contributed by atoms with Gasteiger partial charge in [-0.25, -0.2) is 0 Å². The van der Waals surface area contributed by atoms with Crippen LogP contribution in [0.4, 0.5) is 5.82 Å². The summed E-state index contributed by atoms with van der Waals surface area (Å²) in [5.41, 5.74) is 2.32. The molecular formula is C13H17N3S. The molecule has 0 saturated heterocycles. The lowest BCUT2D eigenvalue weighted by atomic mass is 10.1. The van der Waals surface area contributed by atoms with Gasteiger partial charge in [-0.2, -0.15) is 5.10 Å². The van der Waals surface area contributed by atoms with Gasteiger partial charge >= 0.3 is 0 Å². The second-order valence-corrected chi connectivity index (χ2v) is 5.08. The Morgan fingerprint density at radius 1 is 1.29 bits per heavy atom. The van der Waals surface area contributed by atoms with Crippen molar-refractivity contribution in [2.75, 3.05) is 18.1 Å². The Balaban J connectivity index is 2.29. The van der Waals surface area contributed by atoms with Crippen molar-refractivity contribution in [2.45, 2.75) is 11.8 Å². The van der Waals surface area contributed by atoms with Gasteiger partial charge in [-0.3, -0.25) is 4.68 Å². The molecule has 4 heteroatoms. The van der Waals surface area contributed by atoms with E-state index in [0.29, 0.717) is 0 Å². The fourth-order valence-electron chi connectivity index (χ4n) is 1.75. The molecule has 0 fully saturated rings. The first-order valence-corrected chi connectivity index (χ1v) is 6.68. The Morgan fingerprint density at radius 2 is 2.00 bits per heavy atom. The van der Waals surface area contributed by atoms with Crippen LogP contribution in [0.25, 0.3) is 11.3 Å². The third-order valence-electron chi connectivity index (χ3n) is 2.60. The van der Waals surface area contributed by atoms with E-state index in [4.69, 9.17) is 0 Å². The van der Waals surface area contributed by atoms with Gasteiger partial charge in [-0.05, 0) is 23.4 Å². The molecule has 1 aromatic heterocycles. The van der Waals surface area contributed by atoms with Gasteiger partial charge < -0.3 is 5.32 Å². The van der Waals surface area contributed by atoms with Gasteiger partial charge in [0.1, 0.15) is 5.82 Å². The molecular weight excluding hydrogens is 230 g/mol. The molecule has 0 amide bonds. The normalized spacial score (nSPS) is 10.5. The molecule has 0 aliphatic carbocycles. The van der Waals surface area contributed by atoms with E-state index in [1.807, 2.05) is 30.5 Å². The molecule has 2 aromatic rings. The number of nitrogens with zero attached hydrogens (tertiary/aromatic N) is 2. The lowest BCUT2D eigenvalue weighted by Crippen LogP contribution is -1.94. The van der Waals surface area contributed by atoms with E-state index in [2.05, 4.69) is 47.7 Å². The third-order valence-corrected chi connectivity index (χ3v) is 3.49. The lowest BCUT2D eigenvalue weighted by Gasteiger charge is -2.03. The Bertz CT molecular complexity index is 488. The number of aromatic nitrogens is 2. The molecule has 0 aliphatic heterocycles. The van der Waals surface area contributed by atoms with Crippen molar-refractivity contribution in [1.29, 1.82) is 0 Å². The van der Waals surface area contributed by atoms with Crippen LogP contribution < -0.4 is 5.32 Å². The van der Waals surface area contributed by atoms with Gasteiger partial charge in [0, 0.05) is 25.1 Å². The minimum absolute atomic E-state index is 0.898. The van der Waals surface area contributed by atoms with Crippen molar-refractivity contribution in [3.63, 3.8) is 0 Å². The van der Waals surface area contributed by atoms with Gasteiger partial charge in [0.25, 0.3) is 0 Å². The maximum atomic E-state index is 4.36. The molecule has 0 spiro atoms. The van der Waals surface area contributed by atoms with Crippen LogP contribution in [-0.2, 0) is 7.05 Å². The Labute approximate surface area is 106 Å². The van der Waals surface area contributed by atoms with Crippen LogP contribution >= 0.6 is 11.8 Å². The van der Waals surface area contributed by atoms with Crippen molar-refractivity contribution < 1.29 is 0 Å². The average Bonchev–Trinajstić information content (AvgIpc) is 2.72. The molecule has 1 N–H and O–H groups in total. The highest BCUT2D eigenvalue weighted by atomic mass is 32.2. The third kappa shape index (κ3) is 2.64. The Kier molecular flexibility index (Phi) is 3.74. The number of aryl methyl sites for hydroxylation is 1. The number of rotatable bonds is 4. The van der Waals surface area contributed by atoms with Gasteiger partial charge in [0.2, 0.25) is 0 Å². The summed E-state index contributed by atoms with van der Waals surface area (Å²) >= 11 is 1.86. The standard InChI is InChI=1S/C13H17N3S/c1-4-17-11-7-5-10(6-8-11)12-9-13(14-2)15-16(12)3/h5-9H,4H2,1-3H3,(H,14,15). The fourth-order valence-corrected chi connectivity index (χ4v) is 2.41. The van der Waals surface area contributed by atoms with Gasteiger partial charge in [-0.1, -0.05) is 19.1 Å². The summed E-state index contributed by atoms with van der Waals surface area (Å²) < 4.78 is 1.90. The highest BCUT2D eigenvalue weighted by Crippen LogP contribution is 2.25. The molecule has 0 saturated carbocycles. The zero-order valence-electron chi connectivity index (χ0n) is 10.4. The molecule has 0 bridgehead atoms. The minimum atomic E-state index is 0.898. The highest BCUT2D eigenvalue weighted by Gasteiger charge is 2.06. The van der Waals surface area contributed by atoms with Crippen molar-refractivity contribution in [1.82, 2.24) is 9.78 Å². The smallest absolute Gasteiger partial charge is 0.148 e. The first-order chi connectivity index (χ1) is 8.24. The quantitative estimate of drug-likeness (QED) is 0.841. The van der Waals surface area contributed by atoms with E-state index in [0.717, 1.165) is 17.3 Å². The van der Waals surface area contributed by atoms with E-state index in [-0.39, 0.29) is 0 Å². The van der Waals surface area contributed by atoms with Crippen LogP contribution in [0.2, 0.25) is 0 Å². The average molecular weight is 247 g/mol. The predicted octanol–water partition coefficient (Wildman–Crippen LogP) is 3.24. The van der Waals surface area contributed by atoms with E-state index < -0.39 is 0 Å². The van der Waals surface area contributed by atoms with Crippen LogP contribution in [0.1, 0.15) is 6.92 Å². The summed E-state index contributed by atoms with van der Waals surface area (Å²) in [6.45, 7) is 2.17. The molecule has 17 heavy (non-hydrogen) atoms. The second-order valence-electron chi connectivity index (χ2n) is 3.75. The summed E-state index contributed by atoms with van der Waals surface area (Å²) in [7, 11) is 3.85. The molecule has 1 heterocycles. The van der Waals surface area contributed by atoms with Crippen molar-refractivity contribution in [2.24, 2.45) is 7.05 Å². The predicted molar refractivity (Wildman–Crippen MR) is 74.6 cm³/mol. The van der Waals surface area contributed by atoms with Gasteiger partial charge in [-0.15, -0.1) is 11.8 Å². The Morgan fingerprint density at radius 3 is 2.53 bits per heavy atom. The zero-order chi connectivity index (χ0) is 12.3. The lowest BCUT2D eigenvalue weighted by molar-refractivity contribution is 0.778. The summed E-state index contributed by atoms with van der Waals surface area (Å²) in [6.07, 6.45) is 0. The highest BCUT2D eigenvalue weighted by molar-refractivity contribution is 7.99. The number of thioether (sulfide) groups is 1. The molecule has 90 valence electrons. The van der Waals surface area contributed by atoms with E-state index >= 15 is 0 Å². The largest absolute Gasteiger partial charge is 0.372 e. The summed E-state index contributed by atoms with van der Waals surface area (Å²) in [5, 5.41) is 7.42. The van der Waals surface area contributed by atoms with Gasteiger partial charge in [0.05, 0.1) is 5.69 Å². The first kappa shape index (κ1) is 12.0. The molecule has 0 atom stereocenters. The van der Waals surface area contributed by atoms with E-state index in [1.54, 1.807) is 0 Å². The van der Waals surface area contributed by atoms with E-state index in [9.17, 15) is 0 Å². The van der Waals surface area contributed by atoms with Crippen molar-refractivity contribution >= 4 is 17.6 Å². The van der Waals surface area contributed by atoms with Gasteiger partial charge in [0.15, 0.2) is 0 Å². The Hall–Kier alpha value is -1.42. The van der Waals surface area contributed by atoms with Crippen LogP contribution in [0.3, 0.4) is 0 Å². The zero-order valence-corrected chi connectivity index (χ0v) is 11.2. The first-order valence-electron chi connectivity index (χ1n) is 5.69. The van der Waals surface area contributed by atoms with Crippen LogP contribution in [0, 0.1) is 0 Å². The molecule has 0 unspecified atom stereocenters.